The van der Waals surface area contributed by atoms with E-state index in [1.54, 1.807) is 30.3 Å². The third-order valence-corrected chi connectivity index (χ3v) is 11.5. The predicted octanol–water partition coefficient (Wildman–Crippen LogP) is 6.92. The van der Waals surface area contributed by atoms with Crippen LogP contribution in [0.4, 0.5) is 5.69 Å². The van der Waals surface area contributed by atoms with Crippen molar-refractivity contribution in [2.24, 2.45) is 0 Å². The van der Waals surface area contributed by atoms with E-state index in [1.165, 1.54) is 57.6 Å². The molecule has 0 aliphatic heterocycles. The van der Waals surface area contributed by atoms with Crippen molar-refractivity contribution in [3.8, 4) is 23.0 Å². The zero-order valence-corrected chi connectivity index (χ0v) is 32.3. The van der Waals surface area contributed by atoms with Gasteiger partial charge >= 0.3 is 0 Å². The van der Waals surface area contributed by atoms with Crippen LogP contribution in [0, 0.1) is 0 Å². The average Bonchev–Trinajstić information content (AvgIpc) is 3.68. The first-order valence-electron chi connectivity index (χ1n) is 17.0. The monoisotopic (exact) mass is 783 g/mol. The molecule has 1 atom stereocenters. The lowest BCUT2D eigenvalue weighted by atomic mass is 10.0. The van der Waals surface area contributed by atoms with Crippen LogP contribution < -0.4 is 28.6 Å². The number of methoxy groups -OCH3 is 4. The smallest absolute Gasteiger partial charge is 0.265 e. The molecule has 0 heterocycles. The van der Waals surface area contributed by atoms with Gasteiger partial charge in [-0.25, -0.2) is 8.42 Å². The van der Waals surface area contributed by atoms with Crippen LogP contribution in [0.25, 0.3) is 0 Å². The highest BCUT2D eigenvalue weighted by Crippen LogP contribution is 2.38. The number of nitrogens with one attached hydrogen (secondary N) is 1. The second-order valence-corrected chi connectivity index (χ2v) is 15.2. The van der Waals surface area contributed by atoms with Crippen LogP contribution in [0.2, 0.25) is 10.0 Å². The third kappa shape index (κ3) is 9.48. The maximum Gasteiger partial charge on any atom is 0.265 e. The molecule has 1 aliphatic carbocycles. The molecule has 0 spiro atoms. The van der Waals surface area contributed by atoms with Crippen LogP contribution in [-0.4, -0.2) is 72.2 Å². The van der Waals surface area contributed by atoms with Crippen molar-refractivity contribution in [1.29, 1.82) is 0 Å². The molecule has 0 unspecified atom stereocenters. The Bertz CT molecular complexity index is 2010. The number of anilines is 1. The number of sulfonamides is 1. The zero-order valence-electron chi connectivity index (χ0n) is 30.0. The van der Waals surface area contributed by atoms with Gasteiger partial charge in [-0.05, 0) is 60.4 Å². The average molecular weight is 785 g/mol. The summed E-state index contributed by atoms with van der Waals surface area (Å²) < 4.78 is 52.3. The summed E-state index contributed by atoms with van der Waals surface area (Å²) in [5.74, 6) is -0.0582. The minimum absolute atomic E-state index is 0.0366. The van der Waals surface area contributed by atoms with Gasteiger partial charge in [-0.3, -0.25) is 13.9 Å². The fraction of sp³-hybridized carbons (Fsp3) is 0.333. The number of hydrogen-bond acceptors (Lipinski definition) is 8. The summed E-state index contributed by atoms with van der Waals surface area (Å²) in [6.07, 6.45) is 3.79. The predicted molar refractivity (Wildman–Crippen MR) is 205 cm³/mol. The normalized spacial score (nSPS) is 13.5. The lowest BCUT2D eigenvalue weighted by Crippen LogP contribution is -2.54. The standard InChI is InChI=1S/C39H43Cl2N3O8S/c1-49-30-16-18-35(50-2)33(22-30)44(53(47,48)31-17-19-36(51-3)37(23-31)52-4)25-38(45)43(24-27-14-15-28(40)21-32(27)41)34(20-26-10-6-5-7-11-26)39(46)42-29-12-8-9-13-29/h5-7,10-11,14-19,21-23,29,34H,8-9,12-13,20,24-25H2,1-4H3,(H,42,46)/t34-/m1/s1. The van der Waals surface area contributed by atoms with E-state index in [-0.39, 0.29) is 52.0 Å². The quantitative estimate of drug-likeness (QED) is 0.130. The van der Waals surface area contributed by atoms with Crippen molar-refractivity contribution in [1.82, 2.24) is 10.2 Å². The highest BCUT2D eigenvalue weighted by Gasteiger charge is 2.37. The molecular formula is C39H43Cl2N3O8S. The molecule has 0 aromatic heterocycles. The number of ether oxygens (including phenoxy) is 4. The third-order valence-electron chi connectivity index (χ3n) is 9.21. The Balaban J connectivity index is 1.66. The SMILES string of the molecule is COc1ccc(OC)c(N(CC(=O)N(Cc2ccc(Cl)cc2Cl)[C@H](Cc2ccccc2)C(=O)NC2CCCC2)S(=O)(=O)c2ccc(OC)c(OC)c2)c1. The van der Waals surface area contributed by atoms with Crippen LogP contribution in [0.1, 0.15) is 36.8 Å². The summed E-state index contributed by atoms with van der Waals surface area (Å²) >= 11 is 12.9. The summed E-state index contributed by atoms with van der Waals surface area (Å²) in [5.41, 5.74) is 1.36. The van der Waals surface area contributed by atoms with Gasteiger partial charge in [-0.15, -0.1) is 0 Å². The maximum absolute atomic E-state index is 15.0. The molecule has 1 fully saturated rings. The first-order chi connectivity index (χ1) is 25.5. The van der Waals surface area contributed by atoms with Gasteiger partial charge < -0.3 is 29.2 Å². The molecule has 4 aromatic rings. The highest BCUT2D eigenvalue weighted by atomic mass is 35.5. The molecule has 1 aliphatic rings. The van der Waals surface area contributed by atoms with Crippen molar-refractivity contribution < 1.29 is 37.0 Å². The molecule has 14 heteroatoms. The number of hydrogen-bond donors (Lipinski definition) is 1. The minimum Gasteiger partial charge on any atom is -0.497 e. The summed E-state index contributed by atoms with van der Waals surface area (Å²) in [7, 11) is 1.13. The molecule has 0 radical (unpaired) electrons. The van der Waals surface area contributed by atoms with Crippen molar-refractivity contribution in [2.75, 3.05) is 39.3 Å². The van der Waals surface area contributed by atoms with Gasteiger partial charge in [0.25, 0.3) is 10.0 Å². The number of halogens is 2. The van der Waals surface area contributed by atoms with E-state index in [0.717, 1.165) is 35.6 Å². The molecule has 1 N–H and O–H groups in total. The molecule has 4 aromatic carbocycles. The van der Waals surface area contributed by atoms with Crippen molar-refractivity contribution in [2.45, 2.75) is 55.6 Å². The Hall–Kier alpha value is -4.65. The summed E-state index contributed by atoms with van der Waals surface area (Å²) in [4.78, 5) is 30.5. The molecule has 0 bridgehead atoms. The molecular weight excluding hydrogens is 741 g/mol. The van der Waals surface area contributed by atoms with Gasteiger partial charge in [0, 0.05) is 41.2 Å². The van der Waals surface area contributed by atoms with Gasteiger partial charge in [-0.2, -0.15) is 0 Å². The van der Waals surface area contributed by atoms with Gasteiger partial charge in [0.1, 0.15) is 24.1 Å². The Morgan fingerprint density at radius 3 is 2.13 bits per heavy atom. The van der Waals surface area contributed by atoms with Crippen molar-refractivity contribution in [3.63, 3.8) is 0 Å². The van der Waals surface area contributed by atoms with Crippen molar-refractivity contribution >= 4 is 50.7 Å². The van der Waals surface area contributed by atoms with Crippen LogP contribution >= 0.6 is 23.2 Å². The second-order valence-electron chi connectivity index (χ2n) is 12.5. The molecule has 2 amide bonds. The maximum atomic E-state index is 15.0. The van der Waals surface area contributed by atoms with E-state index in [2.05, 4.69) is 5.32 Å². The van der Waals surface area contributed by atoms with E-state index in [4.69, 9.17) is 42.1 Å². The van der Waals surface area contributed by atoms with E-state index in [0.29, 0.717) is 22.1 Å². The Labute approximate surface area is 320 Å². The van der Waals surface area contributed by atoms with Gasteiger partial charge in [0.15, 0.2) is 11.5 Å². The topological polar surface area (TPSA) is 124 Å². The zero-order chi connectivity index (χ0) is 38.1. The first-order valence-corrected chi connectivity index (χ1v) is 19.2. The fourth-order valence-electron chi connectivity index (χ4n) is 6.36. The lowest BCUT2D eigenvalue weighted by Gasteiger charge is -2.35. The van der Waals surface area contributed by atoms with E-state index >= 15 is 0 Å². The molecule has 1 saturated carbocycles. The van der Waals surface area contributed by atoms with Crippen LogP contribution in [0.5, 0.6) is 23.0 Å². The number of carbonyl (C=O) groups excluding carboxylic acids is 2. The molecule has 53 heavy (non-hydrogen) atoms. The van der Waals surface area contributed by atoms with Gasteiger partial charge in [0.2, 0.25) is 11.8 Å². The summed E-state index contributed by atoms with van der Waals surface area (Å²) in [5, 5.41) is 3.84. The number of rotatable bonds is 16. The Kier molecular flexibility index (Phi) is 13.4. The van der Waals surface area contributed by atoms with Gasteiger partial charge in [0.05, 0.1) is 39.0 Å². The number of carbonyl (C=O) groups is 2. The first kappa shape index (κ1) is 39.6. The minimum atomic E-state index is -4.54. The largest absolute Gasteiger partial charge is 0.497 e. The number of amides is 2. The van der Waals surface area contributed by atoms with E-state index in [1.807, 2.05) is 30.3 Å². The Morgan fingerprint density at radius 2 is 1.49 bits per heavy atom. The van der Waals surface area contributed by atoms with Crippen LogP contribution in [0.3, 0.4) is 0 Å². The van der Waals surface area contributed by atoms with E-state index < -0.39 is 28.5 Å². The molecule has 11 nitrogen and oxygen atoms in total. The fourth-order valence-corrected chi connectivity index (χ4v) is 8.26. The molecule has 0 saturated heterocycles. The van der Waals surface area contributed by atoms with Gasteiger partial charge in [-0.1, -0.05) is 72.4 Å². The number of nitrogens with zero attached hydrogens (tertiary/aromatic N) is 2. The Morgan fingerprint density at radius 1 is 0.811 bits per heavy atom. The summed E-state index contributed by atoms with van der Waals surface area (Å²) in [6.45, 7) is -0.850. The summed E-state index contributed by atoms with van der Waals surface area (Å²) in [6, 6.07) is 21.9. The number of benzene rings is 4. The van der Waals surface area contributed by atoms with Crippen LogP contribution in [0.15, 0.2) is 89.8 Å². The van der Waals surface area contributed by atoms with Crippen molar-refractivity contribution in [3.05, 3.63) is 106 Å². The lowest BCUT2D eigenvalue weighted by molar-refractivity contribution is -0.140. The van der Waals surface area contributed by atoms with E-state index in [9.17, 15) is 18.0 Å². The molecule has 282 valence electrons. The van der Waals surface area contributed by atoms with Crippen LogP contribution in [-0.2, 0) is 32.6 Å². The second kappa shape index (κ2) is 17.9. The highest BCUT2D eigenvalue weighted by molar-refractivity contribution is 7.92. The molecule has 5 rings (SSSR count).